The highest BCUT2D eigenvalue weighted by Gasteiger charge is 2.15. The number of thiophene rings is 1. The maximum atomic E-state index is 5.83. The van der Waals surface area contributed by atoms with Gasteiger partial charge in [-0.2, -0.15) is 4.98 Å². The second kappa shape index (κ2) is 6.34. The van der Waals surface area contributed by atoms with Gasteiger partial charge in [0.05, 0.1) is 18.1 Å². The molecule has 2 aromatic rings. The summed E-state index contributed by atoms with van der Waals surface area (Å²) in [5.41, 5.74) is 2.50. The van der Waals surface area contributed by atoms with E-state index in [1.165, 1.54) is 25.7 Å². The number of ether oxygens (including phenoxy) is 1. The number of nitrogen functional groups attached to an aromatic ring is 1. The number of aromatic nitrogens is 2. The zero-order valence-corrected chi connectivity index (χ0v) is 12.1. The van der Waals surface area contributed by atoms with Gasteiger partial charge in [-0.15, -0.1) is 11.3 Å². The maximum Gasteiger partial charge on any atom is 0.240 e. The first kappa shape index (κ1) is 13.5. The topological polar surface area (TPSA) is 85.1 Å². The Balaban J connectivity index is 1.59. The fourth-order valence-electron chi connectivity index (χ4n) is 2.50. The van der Waals surface area contributed by atoms with Crippen LogP contribution in [0.4, 0.5) is 11.8 Å². The number of nitrogens with zero attached hydrogens (tertiary/aromatic N) is 2. The van der Waals surface area contributed by atoms with Gasteiger partial charge in [0.15, 0.2) is 0 Å². The number of hydrogen-bond acceptors (Lipinski definition) is 7. The van der Waals surface area contributed by atoms with Gasteiger partial charge in [0.1, 0.15) is 10.6 Å². The number of fused-ring (bicyclic) bond motifs is 1. The smallest absolute Gasteiger partial charge is 0.240 e. The lowest BCUT2D eigenvalue weighted by Crippen LogP contribution is -2.17. The molecule has 2 heterocycles. The first-order valence-corrected chi connectivity index (χ1v) is 7.82. The van der Waals surface area contributed by atoms with E-state index < -0.39 is 0 Å². The zero-order valence-electron chi connectivity index (χ0n) is 11.3. The lowest BCUT2D eigenvalue weighted by molar-refractivity contribution is 0.0659. The molecule has 0 saturated heterocycles. The normalized spacial score (nSPS) is 15.8. The van der Waals surface area contributed by atoms with Crippen LogP contribution in [0.15, 0.2) is 11.4 Å². The third-order valence-corrected chi connectivity index (χ3v) is 4.31. The van der Waals surface area contributed by atoms with Gasteiger partial charge in [0.25, 0.3) is 0 Å². The van der Waals surface area contributed by atoms with Crippen molar-refractivity contribution >= 4 is 33.3 Å². The molecule has 1 saturated carbocycles. The minimum absolute atomic E-state index is 0.430. The summed E-state index contributed by atoms with van der Waals surface area (Å²) in [7, 11) is 0. The lowest BCUT2D eigenvalue weighted by atomic mass is 10.3. The van der Waals surface area contributed by atoms with Crippen molar-refractivity contribution in [3.63, 3.8) is 0 Å². The minimum atomic E-state index is 0.430. The van der Waals surface area contributed by atoms with Gasteiger partial charge in [-0.3, -0.25) is 5.43 Å². The Morgan fingerprint density at radius 1 is 1.35 bits per heavy atom. The molecule has 3 rings (SSSR count). The zero-order chi connectivity index (χ0) is 13.8. The Bertz CT molecular complexity index is 567. The van der Waals surface area contributed by atoms with Crippen molar-refractivity contribution in [3.05, 3.63) is 11.4 Å². The van der Waals surface area contributed by atoms with Gasteiger partial charge in [0, 0.05) is 6.54 Å². The average molecular weight is 293 g/mol. The summed E-state index contributed by atoms with van der Waals surface area (Å²) in [5, 5.41) is 6.33. The molecule has 0 unspecified atom stereocenters. The molecule has 0 amide bonds. The number of anilines is 2. The van der Waals surface area contributed by atoms with Crippen molar-refractivity contribution in [1.82, 2.24) is 9.97 Å². The Hall–Kier alpha value is -1.44. The Morgan fingerprint density at radius 2 is 2.20 bits per heavy atom. The largest absolute Gasteiger partial charge is 0.376 e. The Kier molecular flexibility index (Phi) is 4.29. The van der Waals surface area contributed by atoms with E-state index in [1.807, 2.05) is 11.4 Å². The van der Waals surface area contributed by atoms with Crippen LogP contribution in [0, 0.1) is 0 Å². The van der Waals surface area contributed by atoms with Gasteiger partial charge >= 0.3 is 0 Å². The number of nitrogens with two attached hydrogens (primary N) is 1. The maximum absolute atomic E-state index is 5.83. The van der Waals surface area contributed by atoms with Crippen molar-refractivity contribution in [3.8, 4) is 0 Å². The average Bonchev–Trinajstić information content (AvgIpc) is 3.13. The second-order valence-corrected chi connectivity index (χ2v) is 5.78. The van der Waals surface area contributed by atoms with E-state index in [9.17, 15) is 0 Å². The highest BCUT2D eigenvalue weighted by atomic mass is 32.1. The molecule has 0 bridgehead atoms. The molecular formula is C13H19N5OS. The summed E-state index contributed by atoms with van der Waals surface area (Å²) in [4.78, 5) is 9.58. The molecule has 1 aliphatic carbocycles. The highest BCUT2D eigenvalue weighted by Crippen LogP contribution is 2.26. The predicted octanol–water partition coefficient (Wildman–Crippen LogP) is 2.35. The summed E-state index contributed by atoms with van der Waals surface area (Å²) >= 11 is 1.57. The Labute approximate surface area is 121 Å². The molecular weight excluding hydrogens is 274 g/mol. The minimum Gasteiger partial charge on any atom is -0.376 e. The molecule has 0 aromatic carbocycles. The summed E-state index contributed by atoms with van der Waals surface area (Å²) in [5.74, 6) is 6.63. The third-order valence-electron chi connectivity index (χ3n) is 3.50. The molecule has 0 atom stereocenters. The van der Waals surface area contributed by atoms with E-state index >= 15 is 0 Å². The third kappa shape index (κ3) is 3.00. The van der Waals surface area contributed by atoms with Gasteiger partial charge in [0.2, 0.25) is 5.95 Å². The highest BCUT2D eigenvalue weighted by molar-refractivity contribution is 7.16. The monoisotopic (exact) mass is 293 g/mol. The van der Waals surface area contributed by atoms with Crippen molar-refractivity contribution in [2.24, 2.45) is 5.84 Å². The van der Waals surface area contributed by atoms with Crippen LogP contribution in [0.2, 0.25) is 0 Å². The molecule has 0 spiro atoms. The first-order chi connectivity index (χ1) is 9.86. The lowest BCUT2D eigenvalue weighted by Gasteiger charge is -2.12. The number of hydrogen-bond donors (Lipinski definition) is 3. The summed E-state index contributed by atoms with van der Waals surface area (Å²) in [6, 6.07) is 2.01. The van der Waals surface area contributed by atoms with E-state index in [-0.39, 0.29) is 0 Å². The van der Waals surface area contributed by atoms with Gasteiger partial charge in [-0.1, -0.05) is 12.8 Å². The van der Waals surface area contributed by atoms with Crippen LogP contribution in [0.5, 0.6) is 0 Å². The fraction of sp³-hybridized carbons (Fsp3) is 0.538. The molecule has 2 aromatic heterocycles. The SMILES string of the molecule is NNc1nc(NCCOC2CCCC2)c2ccsc2n1. The fourth-order valence-corrected chi connectivity index (χ4v) is 3.27. The first-order valence-electron chi connectivity index (χ1n) is 6.94. The van der Waals surface area contributed by atoms with Crippen molar-refractivity contribution < 1.29 is 4.74 Å². The summed E-state index contributed by atoms with van der Waals surface area (Å²) in [6.45, 7) is 1.44. The van der Waals surface area contributed by atoms with Crippen molar-refractivity contribution in [2.45, 2.75) is 31.8 Å². The van der Waals surface area contributed by atoms with Crippen LogP contribution in [0.3, 0.4) is 0 Å². The standard InChI is InChI=1S/C13H19N5OS/c14-18-13-16-11(10-5-8-20-12(10)17-13)15-6-7-19-9-3-1-2-4-9/h5,8-9H,1-4,6-7,14H2,(H2,15,16,17,18). The van der Waals surface area contributed by atoms with Gasteiger partial charge < -0.3 is 10.1 Å². The predicted molar refractivity (Wildman–Crippen MR) is 81.9 cm³/mol. The van der Waals surface area contributed by atoms with E-state index in [0.717, 1.165) is 22.6 Å². The molecule has 0 aliphatic heterocycles. The molecule has 1 aliphatic rings. The Morgan fingerprint density at radius 3 is 3.00 bits per heavy atom. The molecule has 4 N–H and O–H groups in total. The van der Waals surface area contributed by atoms with Crippen LogP contribution in [-0.2, 0) is 4.74 Å². The molecule has 7 heteroatoms. The summed E-state index contributed by atoms with van der Waals surface area (Å²) < 4.78 is 5.83. The van der Waals surface area contributed by atoms with Crippen LogP contribution < -0.4 is 16.6 Å². The molecule has 0 radical (unpaired) electrons. The van der Waals surface area contributed by atoms with Gasteiger partial charge in [-0.25, -0.2) is 10.8 Å². The van der Waals surface area contributed by atoms with Crippen molar-refractivity contribution in [2.75, 3.05) is 23.9 Å². The number of rotatable bonds is 6. The van der Waals surface area contributed by atoms with E-state index in [2.05, 4.69) is 20.7 Å². The van der Waals surface area contributed by atoms with Crippen LogP contribution in [0.1, 0.15) is 25.7 Å². The van der Waals surface area contributed by atoms with E-state index in [0.29, 0.717) is 18.7 Å². The summed E-state index contributed by atoms with van der Waals surface area (Å²) in [6.07, 6.45) is 5.44. The van der Waals surface area contributed by atoms with Crippen molar-refractivity contribution in [1.29, 1.82) is 0 Å². The molecule has 20 heavy (non-hydrogen) atoms. The van der Waals surface area contributed by atoms with Crippen LogP contribution >= 0.6 is 11.3 Å². The molecule has 1 fully saturated rings. The molecule has 108 valence electrons. The van der Waals surface area contributed by atoms with Crippen LogP contribution in [0.25, 0.3) is 10.2 Å². The van der Waals surface area contributed by atoms with E-state index in [4.69, 9.17) is 10.6 Å². The number of hydrazine groups is 1. The quantitative estimate of drug-likeness (QED) is 0.431. The number of nitrogens with one attached hydrogen (secondary N) is 2. The van der Waals surface area contributed by atoms with Gasteiger partial charge in [-0.05, 0) is 24.3 Å². The van der Waals surface area contributed by atoms with E-state index in [1.54, 1.807) is 11.3 Å². The molecule has 6 nitrogen and oxygen atoms in total. The second-order valence-electron chi connectivity index (χ2n) is 4.88. The van der Waals surface area contributed by atoms with Crippen LogP contribution in [-0.4, -0.2) is 29.2 Å².